The third kappa shape index (κ3) is 3.94. The Morgan fingerprint density at radius 1 is 1.48 bits per heavy atom. The number of ether oxygens (including phenoxy) is 2. The van der Waals surface area contributed by atoms with E-state index in [0.29, 0.717) is 24.6 Å². The van der Waals surface area contributed by atoms with Crippen LogP contribution in [0, 0.1) is 11.7 Å². The molecule has 0 radical (unpaired) electrons. The van der Waals surface area contributed by atoms with Gasteiger partial charge in [-0.1, -0.05) is 6.92 Å². The number of methoxy groups -OCH3 is 1. The van der Waals surface area contributed by atoms with E-state index < -0.39 is 5.82 Å². The van der Waals surface area contributed by atoms with Crippen LogP contribution in [0.3, 0.4) is 0 Å². The van der Waals surface area contributed by atoms with E-state index in [9.17, 15) is 9.18 Å². The third-order valence-electron chi connectivity index (χ3n) is 3.67. The van der Waals surface area contributed by atoms with Crippen molar-refractivity contribution in [3.63, 3.8) is 0 Å². The van der Waals surface area contributed by atoms with E-state index in [1.165, 1.54) is 25.3 Å². The van der Waals surface area contributed by atoms with E-state index in [2.05, 4.69) is 6.92 Å². The lowest BCUT2D eigenvalue weighted by Gasteiger charge is -2.17. The molecule has 1 saturated heterocycles. The fraction of sp³-hybridized carbons (Fsp3) is 0.562. The summed E-state index contributed by atoms with van der Waals surface area (Å²) in [6, 6.07) is 4.23. The lowest BCUT2D eigenvalue weighted by atomic mass is 10.1. The molecule has 116 valence electrons. The van der Waals surface area contributed by atoms with E-state index in [-0.39, 0.29) is 11.7 Å². The largest absolute Gasteiger partial charge is 0.494 e. The van der Waals surface area contributed by atoms with Gasteiger partial charge in [-0.2, -0.15) is 0 Å². The molecule has 1 unspecified atom stereocenters. The number of likely N-dealkylation sites (tertiary alicyclic amines) is 1. The fourth-order valence-corrected chi connectivity index (χ4v) is 2.52. The van der Waals surface area contributed by atoms with Crippen molar-refractivity contribution >= 4 is 5.91 Å². The number of rotatable bonds is 6. The second-order valence-electron chi connectivity index (χ2n) is 5.33. The molecule has 1 fully saturated rings. The zero-order valence-corrected chi connectivity index (χ0v) is 12.6. The standard InChI is InChI=1S/C16H22FNO3/c1-3-8-21-11-12-6-7-18(10-12)16(19)13-4-5-14(17)15(9-13)20-2/h4-5,9,12H,3,6-8,10-11H2,1-2H3. The zero-order valence-electron chi connectivity index (χ0n) is 12.6. The van der Waals surface area contributed by atoms with E-state index in [0.717, 1.165) is 26.0 Å². The van der Waals surface area contributed by atoms with Crippen molar-refractivity contribution < 1.29 is 18.7 Å². The number of hydrogen-bond acceptors (Lipinski definition) is 3. The van der Waals surface area contributed by atoms with Crippen LogP contribution in [0.5, 0.6) is 5.75 Å². The van der Waals surface area contributed by atoms with Crippen molar-refractivity contribution in [1.29, 1.82) is 0 Å². The van der Waals surface area contributed by atoms with Gasteiger partial charge in [0.25, 0.3) is 5.91 Å². The van der Waals surface area contributed by atoms with Gasteiger partial charge >= 0.3 is 0 Å². The Bertz CT molecular complexity index is 492. The van der Waals surface area contributed by atoms with Gasteiger partial charge in [-0.05, 0) is 31.0 Å². The molecule has 2 rings (SSSR count). The van der Waals surface area contributed by atoms with Gasteiger partial charge in [-0.15, -0.1) is 0 Å². The minimum Gasteiger partial charge on any atom is -0.494 e. The van der Waals surface area contributed by atoms with Crippen molar-refractivity contribution in [2.75, 3.05) is 33.4 Å². The molecule has 0 N–H and O–H groups in total. The molecule has 0 saturated carbocycles. The molecule has 1 aliphatic rings. The van der Waals surface area contributed by atoms with Gasteiger partial charge in [0.05, 0.1) is 13.7 Å². The number of benzene rings is 1. The SMILES string of the molecule is CCCOCC1CCN(C(=O)c2ccc(F)c(OC)c2)C1. The average molecular weight is 295 g/mol. The molecule has 1 amide bonds. The van der Waals surface area contributed by atoms with E-state index in [1.807, 2.05) is 0 Å². The monoisotopic (exact) mass is 295 g/mol. The predicted octanol–water partition coefficient (Wildman–Crippen LogP) is 2.72. The molecule has 0 aliphatic carbocycles. The normalized spacial score (nSPS) is 18.0. The molecule has 21 heavy (non-hydrogen) atoms. The summed E-state index contributed by atoms with van der Waals surface area (Å²) in [7, 11) is 1.39. The zero-order chi connectivity index (χ0) is 15.2. The molecular weight excluding hydrogens is 273 g/mol. The first kappa shape index (κ1) is 15.8. The smallest absolute Gasteiger partial charge is 0.254 e. The van der Waals surface area contributed by atoms with Crippen molar-refractivity contribution in [2.24, 2.45) is 5.92 Å². The van der Waals surface area contributed by atoms with Gasteiger partial charge in [-0.3, -0.25) is 4.79 Å². The number of carbonyl (C=O) groups is 1. The van der Waals surface area contributed by atoms with Crippen LogP contribution in [0.2, 0.25) is 0 Å². The summed E-state index contributed by atoms with van der Waals surface area (Å²) in [5.41, 5.74) is 0.461. The molecule has 1 aromatic carbocycles. The Balaban J connectivity index is 1.95. The lowest BCUT2D eigenvalue weighted by molar-refractivity contribution is 0.0754. The summed E-state index contributed by atoms with van der Waals surface area (Å²) < 4.78 is 23.8. The molecule has 0 aromatic heterocycles. The Morgan fingerprint density at radius 3 is 3.00 bits per heavy atom. The van der Waals surface area contributed by atoms with Crippen LogP contribution in [0.25, 0.3) is 0 Å². The molecule has 5 heteroatoms. The van der Waals surface area contributed by atoms with Crippen LogP contribution in [0.15, 0.2) is 18.2 Å². The number of halogens is 1. The first-order chi connectivity index (χ1) is 10.2. The highest BCUT2D eigenvalue weighted by molar-refractivity contribution is 5.94. The maximum absolute atomic E-state index is 13.4. The predicted molar refractivity (Wildman–Crippen MR) is 78.1 cm³/mol. The van der Waals surface area contributed by atoms with Gasteiger partial charge in [0.1, 0.15) is 0 Å². The first-order valence-electron chi connectivity index (χ1n) is 7.36. The number of nitrogens with zero attached hydrogens (tertiary/aromatic N) is 1. The highest BCUT2D eigenvalue weighted by Crippen LogP contribution is 2.23. The Morgan fingerprint density at radius 2 is 2.29 bits per heavy atom. The topological polar surface area (TPSA) is 38.8 Å². The molecule has 4 nitrogen and oxygen atoms in total. The van der Waals surface area contributed by atoms with Crippen molar-refractivity contribution in [3.05, 3.63) is 29.6 Å². The maximum atomic E-state index is 13.4. The summed E-state index contributed by atoms with van der Waals surface area (Å²) in [6.45, 7) is 4.96. The Hall–Kier alpha value is -1.62. The second-order valence-corrected chi connectivity index (χ2v) is 5.33. The first-order valence-corrected chi connectivity index (χ1v) is 7.36. The number of amides is 1. The average Bonchev–Trinajstić information content (AvgIpc) is 2.96. The molecule has 1 aromatic rings. The Labute approximate surface area is 124 Å². The maximum Gasteiger partial charge on any atom is 0.254 e. The fourth-order valence-electron chi connectivity index (χ4n) is 2.52. The lowest BCUT2D eigenvalue weighted by Crippen LogP contribution is -2.29. The number of carbonyl (C=O) groups excluding carboxylic acids is 1. The van der Waals surface area contributed by atoms with Gasteiger partial charge in [0, 0.05) is 31.2 Å². The molecule has 1 atom stereocenters. The number of hydrogen-bond donors (Lipinski definition) is 0. The highest BCUT2D eigenvalue weighted by atomic mass is 19.1. The van der Waals surface area contributed by atoms with Gasteiger partial charge < -0.3 is 14.4 Å². The van der Waals surface area contributed by atoms with Crippen LogP contribution < -0.4 is 4.74 Å². The molecule has 0 spiro atoms. The Kier molecular flexibility index (Phi) is 5.56. The quantitative estimate of drug-likeness (QED) is 0.757. The minimum absolute atomic E-state index is 0.0775. The summed E-state index contributed by atoms with van der Waals surface area (Å²) >= 11 is 0. The van der Waals surface area contributed by atoms with Gasteiger partial charge in [0.15, 0.2) is 11.6 Å². The van der Waals surface area contributed by atoms with E-state index >= 15 is 0 Å². The minimum atomic E-state index is -0.457. The van der Waals surface area contributed by atoms with Crippen LogP contribution in [-0.2, 0) is 4.74 Å². The van der Waals surface area contributed by atoms with Crippen molar-refractivity contribution in [3.8, 4) is 5.75 Å². The van der Waals surface area contributed by atoms with E-state index in [4.69, 9.17) is 9.47 Å². The second kappa shape index (κ2) is 7.41. The van der Waals surface area contributed by atoms with Crippen LogP contribution >= 0.6 is 0 Å². The van der Waals surface area contributed by atoms with Crippen LogP contribution in [-0.4, -0.2) is 44.2 Å². The summed E-state index contributed by atoms with van der Waals surface area (Å²) in [4.78, 5) is 14.2. The highest BCUT2D eigenvalue weighted by Gasteiger charge is 2.27. The van der Waals surface area contributed by atoms with Gasteiger partial charge in [0.2, 0.25) is 0 Å². The van der Waals surface area contributed by atoms with Crippen molar-refractivity contribution in [2.45, 2.75) is 19.8 Å². The molecule has 1 heterocycles. The van der Waals surface area contributed by atoms with Crippen LogP contribution in [0.1, 0.15) is 30.1 Å². The third-order valence-corrected chi connectivity index (χ3v) is 3.67. The summed E-state index contributed by atoms with van der Waals surface area (Å²) in [5, 5.41) is 0. The summed E-state index contributed by atoms with van der Waals surface area (Å²) in [6.07, 6.45) is 1.96. The van der Waals surface area contributed by atoms with E-state index in [1.54, 1.807) is 4.90 Å². The van der Waals surface area contributed by atoms with Crippen LogP contribution in [0.4, 0.5) is 4.39 Å². The van der Waals surface area contributed by atoms with Gasteiger partial charge in [-0.25, -0.2) is 4.39 Å². The molecule has 1 aliphatic heterocycles. The van der Waals surface area contributed by atoms with Crippen molar-refractivity contribution in [1.82, 2.24) is 4.90 Å². The molecular formula is C16H22FNO3. The molecule has 0 bridgehead atoms. The summed E-state index contributed by atoms with van der Waals surface area (Å²) in [5.74, 6) is -0.0432.